The molecule has 0 saturated heterocycles. The van der Waals surface area contributed by atoms with Crippen LogP contribution in [0, 0.1) is 24.7 Å². The molecule has 5 N–H and O–H groups in total. The molecule has 3 atom stereocenters. The normalized spacial score (nSPS) is 20.3. The maximum atomic E-state index is 13.7. The molecule has 5 rings (SSSR count). The van der Waals surface area contributed by atoms with Gasteiger partial charge in [0, 0.05) is 59.3 Å². The molecule has 0 spiro atoms. The second kappa shape index (κ2) is 14.9. The largest absolute Gasteiger partial charge is 0.481 e. The molecule has 4 heterocycles. The van der Waals surface area contributed by atoms with E-state index < -0.39 is 60.8 Å². The number of allylic oxidation sites excluding steroid dienone is 8. The van der Waals surface area contributed by atoms with E-state index in [0.717, 1.165) is 51.2 Å². The molecule has 52 heavy (non-hydrogen) atoms. The molecule has 0 aromatic carbocycles. The zero-order valence-corrected chi connectivity index (χ0v) is 29.9. The van der Waals surface area contributed by atoms with Crippen LogP contribution in [0.25, 0.3) is 18.2 Å². The molecule has 1 aromatic heterocycles. The Morgan fingerprint density at radius 1 is 0.923 bits per heavy atom. The van der Waals surface area contributed by atoms with Crippen LogP contribution in [0.1, 0.15) is 95.2 Å². The van der Waals surface area contributed by atoms with Crippen LogP contribution in [-0.4, -0.2) is 66.5 Å². The predicted molar refractivity (Wildman–Crippen MR) is 197 cm³/mol. The fraction of sp³-hybridized carbons (Fsp3) is 0.375. The van der Waals surface area contributed by atoms with Gasteiger partial charge in [-0.05, 0) is 91.7 Å². The highest BCUT2D eigenvalue weighted by atomic mass is 16.4. The van der Waals surface area contributed by atoms with E-state index in [1.807, 2.05) is 26.0 Å². The first-order valence-corrected chi connectivity index (χ1v) is 17.3. The monoisotopic (exact) mass is 709 g/mol. The maximum Gasteiger partial charge on any atom is 0.338 e. The number of carboxylic acids is 4. The number of nitrogens with one attached hydrogen (secondary N) is 1. The van der Waals surface area contributed by atoms with Crippen molar-refractivity contribution in [2.75, 3.05) is 0 Å². The van der Waals surface area contributed by atoms with Gasteiger partial charge in [-0.1, -0.05) is 26.5 Å². The van der Waals surface area contributed by atoms with Crippen LogP contribution in [0.3, 0.4) is 0 Å². The summed E-state index contributed by atoms with van der Waals surface area (Å²) in [6, 6.07) is 0. The quantitative estimate of drug-likeness (QED) is 0.143. The van der Waals surface area contributed by atoms with Crippen LogP contribution < -0.4 is 0 Å². The van der Waals surface area contributed by atoms with Crippen LogP contribution >= 0.6 is 0 Å². The van der Waals surface area contributed by atoms with E-state index in [1.165, 1.54) is 0 Å². The summed E-state index contributed by atoms with van der Waals surface area (Å²) in [5.74, 6) is -8.24. The van der Waals surface area contributed by atoms with Crippen molar-refractivity contribution in [3.8, 4) is 0 Å². The molecule has 0 radical (unpaired) electrons. The molecular formula is C40H43N3O9. The molecule has 12 heteroatoms. The van der Waals surface area contributed by atoms with Crippen molar-refractivity contribution in [3.05, 3.63) is 85.6 Å². The highest BCUT2D eigenvalue weighted by Gasteiger charge is 2.39. The van der Waals surface area contributed by atoms with Crippen molar-refractivity contribution in [2.24, 2.45) is 27.7 Å². The van der Waals surface area contributed by atoms with E-state index in [2.05, 4.69) is 31.5 Å². The van der Waals surface area contributed by atoms with Crippen LogP contribution in [0.2, 0.25) is 0 Å². The minimum absolute atomic E-state index is 0.00488. The Balaban J connectivity index is 1.84. The third-order valence-corrected chi connectivity index (χ3v) is 10.5. The topological polar surface area (TPSA) is 207 Å². The molecule has 0 unspecified atom stereocenters. The summed E-state index contributed by atoms with van der Waals surface area (Å²) in [4.78, 5) is 75.3. The lowest BCUT2D eigenvalue weighted by molar-refractivity contribution is -0.149. The number of aliphatic carboxylic acids is 4. The van der Waals surface area contributed by atoms with E-state index in [-0.39, 0.29) is 35.6 Å². The summed E-state index contributed by atoms with van der Waals surface area (Å²) in [6.45, 7) is 13.7. The van der Waals surface area contributed by atoms with Crippen molar-refractivity contribution in [2.45, 2.75) is 79.6 Å². The third-order valence-electron chi connectivity index (χ3n) is 10.5. The van der Waals surface area contributed by atoms with E-state index in [1.54, 1.807) is 13.0 Å². The lowest BCUT2D eigenvalue weighted by atomic mass is 9.81. The Morgan fingerprint density at radius 2 is 1.63 bits per heavy atom. The second-order valence-electron chi connectivity index (χ2n) is 13.7. The molecule has 1 aromatic rings. The molecular weight excluding hydrogens is 666 g/mol. The zero-order valence-electron chi connectivity index (χ0n) is 29.9. The number of aliphatic imine (C=N–C) groups is 2. The number of hydrogen-bond acceptors (Lipinski definition) is 7. The van der Waals surface area contributed by atoms with Crippen LogP contribution in [0.5, 0.6) is 0 Å². The SMILES string of the molecule is C=Cc1c2[nH]c(c1C)C=C1N=C(C(CC(=O)C[C@@H](CC(=O)O)C(=O)O)=C3N=C(C=C4CC(=C2)C(C)=C4CC)C(C)=C3C(=O)O)[C@@H](CCC(=O)O)[C@@H]1C. The van der Waals surface area contributed by atoms with Gasteiger partial charge in [-0.3, -0.25) is 24.2 Å². The Morgan fingerprint density at radius 3 is 2.23 bits per heavy atom. The van der Waals surface area contributed by atoms with Crippen molar-refractivity contribution >= 4 is 59.3 Å². The Bertz CT molecular complexity index is 2080. The number of rotatable bonds is 13. The first-order chi connectivity index (χ1) is 24.6. The number of carbonyl (C=O) groups excluding carboxylic acids is 1. The lowest BCUT2D eigenvalue weighted by Gasteiger charge is -2.21. The number of ketones is 1. The van der Waals surface area contributed by atoms with Gasteiger partial charge in [0.1, 0.15) is 5.78 Å². The lowest BCUT2D eigenvalue weighted by Crippen LogP contribution is -2.25. The molecule has 0 amide bonds. The van der Waals surface area contributed by atoms with Crippen molar-refractivity contribution in [3.63, 3.8) is 0 Å². The number of fused-ring (bicyclic) bond motifs is 6. The molecule has 0 fully saturated rings. The van der Waals surface area contributed by atoms with Gasteiger partial charge < -0.3 is 25.4 Å². The van der Waals surface area contributed by atoms with E-state index >= 15 is 0 Å². The van der Waals surface area contributed by atoms with Gasteiger partial charge in [0.05, 0.1) is 35.0 Å². The average Bonchev–Trinajstić information content (AvgIpc) is 3.74. The van der Waals surface area contributed by atoms with E-state index in [9.17, 15) is 44.4 Å². The Hall–Kier alpha value is -5.65. The summed E-state index contributed by atoms with van der Waals surface area (Å²) < 4.78 is 0. The van der Waals surface area contributed by atoms with Gasteiger partial charge in [0.2, 0.25) is 0 Å². The van der Waals surface area contributed by atoms with Crippen molar-refractivity contribution in [1.29, 1.82) is 0 Å². The van der Waals surface area contributed by atoms with Crippen molar-refractivity contribution in [1.82, 2.24) is 4.98 Å². The summed E-state index contributed by atoms with van der Waals surface area (Å²) in [5, 5.41) is 39.3. The number of H-pyrrole nitrogens is 1. The maximum absolute atomic E-state index is 13.7. The summed E-state index contributed by atoms with van der Waals surface area (Å²) in [5.41, 5.74) is 9.35. The second-order valence-corrected chi connectivity index (χ2v) is 13.7. The molecule has 12 nitrogen and oxygen atoms in total. The zero-order chi connectivity index (χ0) is 38.2. The smallest absolute Gasteiger partial charge is 0.338 e. The summed E-state index contributed by atoms with van der Waals surface area (Å²) in [7, 11) is 0. The van der Waals surface area contributed by atoms with Crippen LogP contribution in [0.4, 0.5) is 0 Å². The fourth-order valence-corrected chi connectivity index (χ4v) is 7.70. The Labute approximate surface area is 301 Å². The molecule has 1 aliphatic carbocycles. The molecule has 3 aliphatic heterocycles. The van der Waals surface area contributed by atoms with E-state index in [0.29, 0.717) is 29.1 Å². The fourth-order valence-electron chi connectivity index (χ4n) is 7.70. The summed E-state index contributed by atoms with van der Waals surface area (Å²) >= 11 is 0. The van der Waals surface area contributed by atoms with Crippen LogP contribution in [0.15, 0.2) is 73.0 Å². The van der Waals surface area contributed by atoms with Gasteiger partial charge in [-0.15, -0.1) is 0 Å². The predicted octanol–water partition coefficient (Wildman–Crippen LogP) is 6.97. The minimum atomic E-state index is -1.51. The van der Waals surface area contributed by atoms with Gasteiger partial charge in [0.15, 0.2) is 0 Å². The third kappa shape index (κ3) is 7.23. The van der Waals surface area contributed by atoms with Gasteiger partial charge in [0.25, 0.3) is 0 Å². The van der Waals surface area contributed by atoms with E-state index in [4.69, 9.17) is 9.98 Å². The number of Topliss-reactive ketones (excluding diaryl/α,β-unsaturated/α-hetero) is 1. The number of aromatic amines is 1. The molecule has 8 bridgehead atoms. The highest BCUT2D eigenvalue weighted by molar-refractivity contribution is 6.20. The van der Waals surface area contributed by atoms with Gasteiger partial charge in [-0.2, -0.15) is 0 Å². The standard InChI is InChI=1S/C40H43N3O9/c1-7-26-18(3)22-11-23(26)14-30-21(6)36(40(51)52)38(43-30)29(16-25(44)12-24(39(49)50)15-35(47)48)37-28(9-10-34(45)46)20(5)32(42-37)17-31-19(4)27(8-2)33(13-22)41-31/h8,13-14,17,20,24,28,41H,2,7,9-12,15-16H2,1,3-6H3,(H,45,46)(H,47,48)(H,49,50)(H,51,52)/t20-,24-,28-/m0/s1. The van der Waals surface area contributed by atoms with Crippen molar-refractivity contribution < 1.29 is 44.4 Å². The number of nitrogens with zero attached hydrogens (tertiary/aromatic N) is 2. The molecule has 272 valence electrons. The van der Waals surface area contributed by atoms with Crippen LogP contribution in [-0.2, 0) is 24.0 Å². The molecule has 0 saturated carbocycles. The summed E-state index contributed by atoms with van der Waals surface area (Å²) in [6.07, 6.45) is 6.93. The molecule has 4 aliphatic rings. The number of aromatic nitrogens is 1. The average molecular weight is 710 g/mol. The minimum Gasteiger partial charge on any atom is -0.481 e. The first-order valence-electron chi connectivity index (χ1n) is 17.3. The first kappa shape index (κ1) is 37.6. The number of carboxylic acid groups (broad SMARTS) is 4. The van der Waals surface area contributed by atoms with Gasteiger partial charge in [-0.25, -0.2) is 9.79 Å². The number of carbonyl (C=O) groups is 5. The Kier molecular flexibility index (Phi) is 10.8. The number of hydrogen-bond donors (Lipinski definition) is 5. The van der Waals surface area contributed by atoms with Gasteiger partial charge >= 0.3 is 23.9 Å². The highest BCUT2D eigenvalue weighted by Crippen LogP contribution is 2.44.